The van der Waals surface area contributed by atoms with Crippen LogP contribution in [0.15, 0.2) is 47.5 Å². The molecule has 0 aliphatic carbocycles. The number of hydrogen-bond acceptors (Lipinski definition) is 5. The molecule has 7 nitrogen and oxygen atoms in total. The third-order valence-corrected chi connectivity index (χ3v) is 7.29. The molecule has 0 spiro atoms. The molecule has 0 atom stereocenters. The molecule has 0 bridgehead atoms. The van der Waals surface area contributed by atoms with Crippen LogP contribution in [0.4, 0.5) is 5.69 Å². The summed E-state index contributed by atoms with van der Waals surface area (Å²) in [5.41, 5.74) is 1.69. The molecule has 0 radical (unpaired) electrons. The average Bonchev–Trinajstić information content (AvgIpc) is 2.73. The number of sulfonamides is 1. The van der Waals surface area contributed by atoms with Crippen molar-refractivity contribution in [3.63, 3.8) is 0 Å². The summed E-state index contributed by atoms with van der Waals surface area (Å²) in [6, 6.07) is 10.5. The van der Waals surface area contributed by atoms with Crippen molar-refractivity contribution in [2.24, 2.45) is 5.92 Å². The molecule has 1 aromatic carbocycles. The molecule has 9 heteroatoms. The molecule has 1 aliphatic heterocycles. The van der Waals surface area contributed by atoms with Gasteiger partial charge in [-0.2, -0.15) is 4.31 Å². The van der Waals surface area contributed by atoms with Crippen molar-refractivity contribution in [1.29, 1.82) is 0 Å². The van der Waals surface area contributed by atoms with Gasteiger partial charge in [0, 0.05) is 30.9 Å². The fraction of sp³-hybridized carbons (Fsp3) is 0.429. The summed E-state index contributed by atoms with van der Waals surface area (Å²) in [6.07, 6.45) is 2.46. The number of nitrogens with zero attached hydrogens (tertiary/aromatic N) is 2. The van der Waals surface area contributed by atoms with Crippen LogP contribution in [0.25, 0.3) is 0 Å². The topological polar surface area (TPSA) is 88.6 Å². The Morgan fingerprint density at radius 1 is 1.27 bits per heavy atom. The maximum absolute atomic E-state index is 12.8. The number of pyridine rings is 1. The first kappa shape index (κ1) is 22.7. The molecule has 3 rings (SSSR count). The molecule has 162 valence electrons. The molecule has 2 aromatic rings. The van der Waals surface area contributed by atoms with Gasteiger partial charge in [-0.05, 0) is 56.5 Å². The number of aromatic nitrogens is 1. The van der Waals surface area contributed by atoms with Crippen LogP contribution >= 0.6 is 11.6 Å². The number of halogens is 1. The molecule has 1 amide bonds. The molecule has 0 saturated carbocycles. The molecule has 30 heavy (non-hydrogen) atoms. The highest BCUT2D eigenvalue weighted by Gasteiger charge is 2.33. The van der Waals surface area contributed by atoms with Crippen molar-refractivity contribution in [2.45, 2.75) is 44.3 Å². The van der Waals surface area contributed by atoms with E-state index in [1.165, 1.54) is 16.6 Å². The van der Waals surface area contributed by atoms with Crippen LogP contribution < -0.4 is 5.32 Å². The minimum absolute atomic E-state index is 0.00463. The Morgan fingerprint density at radius 3 is 2.67 bits per heavy atom. The maximum atomic E-state index is 12.8. The molecule has 2 heterocycles. The number of ether oxygens (including phenoxy) is 1. The second-order valence-corrected chi connectivity index (χ2v) is 9.78. The van der Waals surface area contributed by atoms with Gasteiger partial charge in [0.05, 0.1) is 12.7 Å². The number of anilines is 1. The van der Waals surface area contributed by atoms with Crippen molar-refractivity contribution in [1.82, 2.24) is 9.29 Å². The molecule has 1 fully saturated rings. The van der Waals surface area contributed by atoms with Gasteiger partial charge in [0.1, 0.15) is 10.0 Å². The van der Waals surface area contributed by atoms with E-state index in [4.69, 9.17) is 16.3 Å². The van der Waals surface area contributed by atoms with Crippen LogP contribution in [-0.2, 0) is 26.2 Å². The molecular weight excluding hydrogens is 426 g/mol. The molecule has 1 aromatic heterocycles. The fourth-order valence-corrected chi connectivity index (χ4v) is 5.20. The summed E-state index contributed by atoms with van der Waals surface area (Å²) in [7, 11) is -3.73. The zero-order valence-corrected chi connectivity index (χ0v) is 18.6. The van der Waals surface area contributed by atoms with Crippen molar-refractivity contribution in [2.75, 3.05) is 18.4 Å². The number of hydrogen-bond donors (Lipinski definition) is 1. The normalized spacial score (nSPS) is 16.0. The number of benzene rings is 1. The van der Waals surface area contributed by atoms with Crippen LogP contribution in [0.1, 0.15) is 32.3 Å². The smallest absolute Gasteiger partial charge is 0.246 e. The summed E-state index contributed by atoms with van der Waals surface area (Å²) in [5, 5.41) is 2.90. The van der Waals surface area contributed by atoms with Gasteiger partial charge in [0.25, 0.3) is 0 Å². The molecule has 1 saturated heterocycles. The maximum Gasteiger partial charge on any atom is 0.246 e. The van der Waals surface area contributed by atoms with Crippen molar-refractivity contribution in [3.05, 3.63) is 53.3 Å². The minimum atomic E-state index is -3.73. The number of nitrogens with one attached hydrogen (secondary N) is 1. The van der Waals surface area contributed by atoms with Gasteiger partial charge in [-0.1, -0.05) is 23.7 Å². The number of carbonyl (C=O) groups excluding carboxylic acids is 1. The highest BCUT2D eigenvalue weighted by atomic mass is 35.5. The van der Waals surface area contributed by atoms with Crippen molar-refractivity contribution in [3.8, 4) is 0 Å². The van der Waals surface area contributed by atoms with Crippen molar-refractivity contribution >= 4 is 33.2 Å². The molecule has 1 N–H and O–H groups in total. The van der Waals surface area contributed by atoms with Crippen LogP contribution in [0.5, 0.6) is 0 Å². The van der Waals surface area contributed by atoms with Gasteiger partial charge in [-0.3, -0.25) is 4.79 Å². The van der Waals surface area contributed by atoms with Crippen LogP contribution in [0.2, 0.25) is 5.15 Å². The lowest BCUT2D eigenvalue weighted by Crippen LogP contribution is -2.41. The Hall–Kier alpha value is -2.00. The van der Waals surface area contributed by atoms with E-state index in [9.17, 15) is 13.2 Å². The number of rotatable bonds is 7. The van der Waals surface area contributed by atoms with E-state index in [0.717, 1.165) is 5.56 Å². The Bertz CT molecular complexity index is 989. The van der Waals surface area contributed by atoms with Gasteiger partial charge in [-0.25, -0.2) is 13.4 Å². The van der Waals surface area contributed by atoms with Gasteiger partial charge in [0.15, 0.2) is 0 Å². The second-order valence-electron chi connectivity index (χ2n) is 7.52. The third-order valence-electron chi connectivity index (χ3n) is 4.95. The van der Waals surface area contributed by atoms with Crippen LogP contribution in [-0.4, -0.2) is 42.8 Å². The third kappa shape index (κ3) is 5.57. The quantitative estimate of drug-likeness (QED) is 0.648. The van der Waals surface area contributed by atoms with E-state index in [1.807, 2.05) is 38.1 Å². The summed E-state index contributed by atoms with van der Waals surface area (Å²) in [6.45, 7) is 4.94. The average molecular weight is 452 g/mol. The predicted molar refractivity (Wildman–Crippen MR) is 116 cm³/mol. The Kier molecular flexibility index (Phi) is 7.46. The number of amides is 1. The van der Waals surface area contributed by atoms with Crippen LogP contribution in [0, 0.1) is 5.92 Å². The van der Waals surface area contributed by atoms with E-state index in [0.29, 0.717) is 25.1 Å². The van der Waals surface area contributed by atoms with E-state index >= 15 is 0 Å². The molecular formula is C21H26ClN3O4S. The van der Waals surface area contributed by atoms with E-state index in [2.05, 4.69) is 10.3 Å². The van der Waals surface area contributed by atoms with Gasteiger partial charge >= 0.3 is 0 Å². The number of piperidine rings is 1. The van der Waals surface area contributed by atoms with Gasteiger partial charge in [-0.15, -0.1) is 0 Å². The van der Waals surface area contributed by atoms with Gasteiger partial charge < -0.3 is 10.1 Å². The lowest BCUT2D eigenvalue weighted by atomic mass is 9.97. The van der Waals surface area contributed by atoms with Crippen LogP contribution in [0.3, 0.4) is 0 Å². The van der Waals surface area contributed by atoms with E-state index < -0.39 is 10.0 Å². The Labute approximate surface area is 182 Å². The fourth-order valence-electron chi connectivity index (χ4n) is 3.31. The lowest BCUT2D eigenvalue weighted by Gasteiger charge is -2.30. The second kappa shape index (κ2) is 9.87. The first-order valence-electron chi connectivity index (χ1n) is 9.89. The summed E-state index contributed by atoms with van der Waals surface area (Å²) < 4.78 is 32.6. The standard InChI is InChI=1S/C21H26ClN3O4S/c1-15(2)29-14-16-5-3-6-18(13-16)24-21(26)17-8-11-25(12-9-17)30(27,28)19-7-4-10-23-20(19)22/h3-7,10,13,15,17H,8-9,11-12,14H2,1-2H3,(H,24,26). The first-order valence-corrected chi connectivity index (χ1v) is 11.7. The lowest BCUT2D eigenvalue weighted by molar-refractivity contribution is -0.120. The monoisotopic (exact) mass is 451 g/mol. The predicted octanol–water partition coefficient (Wildman–Crippen LogP) is 3.70. The first-order chi connectivity index (χ1) is 14.3. The Balaban J connectivity index is 1.58. The summed E-state index contributed by atoms with van der Waals surface area (Å²) in [4.78, 5) is 16.5. The van der Waals surface area contributed by atoms with Crippen molar-refractivity contribution < 1.29 is 17.9 Å². The molecule has 1 aliphatic rings. The number of carbonyl (C=O) groups is 1. The highest BCUT2D eigenvalue weighted by Crippen LogP contribution is 2.27. The highest BCUT2D eigenvalue weighted by molar-refractivity contribution is 7.89. The Morgan fingerprint density at radius 2 is 2.00 bits per heavy atom. The van der Waals surface area contributed by atoms with E-state index in [1.54, 1.807) is 6.07 Å². The summed E-state index contributed by atoms with van der Waals surface area (Å²) in [5.74, 6) is -0.357. The summed E-state index contributed by atoms with van der Waals surface area (Å²) >= 11 is 5.96. The van der Waals surface area contributed by atoms with Gasteiger partial charge in [0.2, 0.25) is 15.9 Å². The zero-order valence-electron chi connectivity index (χ0n) is 17.0. The minimum Gasteiger partial charge on any atom is -0.374 e. The largest absolute Gasteiger partial charge is 0.374 e. The van der Waals surface area contributed by atoms with E-state index in [-0.39, 0.29) is 41.1 Å². The molecule has 0 unspecified atom stereocenters. The SMILES string of the molecule is CC(C)OCc1cccc(NC(=O)C2CCN(S(=O)(=O)c3cccnc3Cl)CC2)c1. The zero-order chi connectivity index (χ0) is 21.7.